The standard InChI is InChI=1S/C25H42O8/c1-12-8-16(11-26)24(28)32-18-10-19-21(30-17(18)9-12)14(3)20(27)23-22(31-19)13(2)15(4)25(33-23)6-5-7-29-25/h12-24,26-28H,5-11H2,1-4H3/t12-,13-,14-,15-,16?,17-,18+,19-,20-,21+,22+,23-,24?,25+/m0/s1. The van der Waals surface area contributed by atoms with E-state index in [9.17, 15) is 15.3 Å². The average Bonchev–Trinajstić information content (AvgIpc) is 3.23. The molecule has 0 aromatic carbocycles. The molecule has 5 aliphatic heterocycles. The summed E-state index contributed by atoms with van der Waals surface area (Å²) >= 11 is 0. The van der Waals surface area contributed by atoms with E-state index in [0.717, 1.165) is 19.3 Å². The van der Waals surface area contributed by atoms with Gasteiger partial charge in [0.2, 0.25) is 0 Å². The Labute approximate surface area is 196 Å². The topological polar surface area (TPSA) is 107 Å². The lowest BCUT2D eigenvalue weighted by Crippen LogP contribution is -2.60. The molecule has 3 N–H and O–H groups in total. The summed E-state index contributed by atoms with van der Waals surface area (Å²) < 4.78 is 32.0. The van der Waals surface area contributed by atoms with E-state index >= 15 is 0 Å². The summed E-state index contributed by atoms with van der Waals surface area (Å²) in [5, 5.41) is 31.8. The second-order valence-electron chi connectivity index (χ2n) is 11.4. The van der Waals surface area contributed by atoms with Crippen molar-refractivity contribution in [1.82, 2.24) is 0 Å². The highest BCUT2D eigenvalue weighted by Gasteiger charge is 2.60. The molecule has 5 heterocycles. The summed E-state index contributed by atoms with van der Waals surface area (Å²) in [6.07, 6.45) is 0.304. The van der Waals surface area contributed by atoms with Gasteiger partial charge < -0.3 is 39.0 Å². The lowest BCUT2D eigenvalue weighted by atomic mass is 9.76. The van der Waals surface area contributed by atoms with E-state index in [0.29, 0.717) is 19.4 Å². The molecular formula is C25H42O8. The maximum Gasteiger partial charge on any atom is 0.171 e. The van der Waals surface area contributed by atoms with Gasteiger partial charge in [-0.05, 0) is 31.1 Å². The van der Waals surface area contributed by atoms with Crippen LogP contribution in [0.1, 0.15) is 59.8 Å². The first-order chi connectivity index (χ1) is 15.7. The molecule has 0 bridgehead atoms. The molecule has 5 rings (SSSR count). The predicted octanol–water partition coefficient (Wildman–Crippen LogP) is 1.83. The predicted molar refractivity (Wildman–Crippen MR) is 118 cm³/mol. The van der Waals surface area contributed by atoms with Gasteiger partial charge in [-0.1, -0.05) is 27.7 Å². The third-order valence-corrected chi connectivity index (χ3v) is 9.27. The first-order valence-corrected chi connectivity index (χ1v) is 13.0. The van der Waals surface area contributed by atoms with Gasteiger partial charge in [0.25, 0.3) is 0 Å². The molecule has 0 saturated carbocycles. The molecule has 2 unspecified atom stereocenters. The quantitative estimate of drug-likeness (QED) is 0.533. The van der Waals surface area contributed by atoms with Crippen molar-refractivity contribution in [3.05, 3.63) is 0 Å². The minimum Gasteiger partial charge on any atom is -0.396 e. The Bertz CT molecular complexity index is 683. The molecular weight excluding hydrogens is 428 g/mol. The summed E-state index contributed by atoms with van der Waals surface area (Å²) in [5.41, 5.74) is 0. The highest BCUT2D eigenvalue weighted by atomic mass is 16.7. The average molecular weight is 471 g/mol. The fourth-order valence-electron chi connectivity index (χ4n) is 7.06. The van der Waals surface area contributed by atoms with E-state index in [4.69, 9.17) is 23.7 Å². The highest BCUT2D eigenvalue weighted by molar-refractivity contribution is 5.04. The number of rotatable bonds is 1. The molecule has 0 amide bonds. The van der Waals surface area contributed by atoms with Crippen LogP contribution in [0.5, 0.6) is 0 Å². The fraction of sp³-hybridized carbons (Fsp3) is 1.00. The van der Waals surface area contributed by atoms with E-state index in [1.54, 1.807) is 0 Å². The zero-order valence-corrected chi connectivity index (χ0v) is 20.3. The Morgan fingerprint density at radius 2 is 1.55 bits per heavy atom. The molecule has 0 aromatic heterocycles. The molecule has 8 heteroatoms. The van der Waals surface area contributed by atoms with Crippen molar-refractivity contribution in [2.75, 3.05) is 13.2 Å². The molecule has 0 aromatic rings. The van der Waals surface area contributed by atoms with Gasteiger partial charge in [-0.15, -0.1) is 0 Å². The molecule has 5 fully saturated rings. The second-order valence-corrected chi connectivity index (χ2v) is 11.4. The Morgan fingerprint density at radius 1 is 0.818 bits per heavy atom. The molecule has 190 valence electrons. The SMILES string of the molecule is C[C@H]1CC(CO)C(O)O[C@@H]2C[C@@H]3O[C@@H]4[C@@H](C)[C@H](C)[C@@]5(CCCO5)O[C@H]4[C@@H](O)[C@H](C)[C@H]3O[C@H]2C1. The van der Waals surface area contributed by atoms with Gasteiger partial charge in [0.15, 0.2) is 12.1 Å². The lowest BCUT2D eigenvalue weighted by molar-refractivity contribution is -0.339. The number of fused-ring (bicyclic) bond motifs is 3. The van der Waals surface area contributed by atoms with Crippen molar-refractivity contribution >= 4 is 0 Å². The van der Waals surface area contributed by atoms with Crippen molar-refractivity contribution in [2.24, 2.45) is 29.6 Å². The lowest BCUT2D eigenvalue weighted by Gasteiger charge is -2.51. The zero-order valence-electron chi connectivity index (χ0n) is 20.3. The summed E-state index contributed by atoms with van der Waals surface area (Å²) in [6.45, 7) is 9.06. The monoisotopic (exact) mass is 470 g/mol. The van der Waals surface area contributed by atoms with E-state index in [1.807, 2.05) is 6.92 Å². The fourth-order valence-corrected chi connectivity index (χ4v) is 7.06. The van der Waals surface area contributed by atoms with Crippen molar-refractivity contribution in [1.29, 1.82) is 0 Å². The third kappa shape index (κ3) is 4.18. The van der Waals surface area contributed by atoms with E-state index < -0.39 is 24.3 Å². The number of aliphatic hydroxyl groups is 3. The molecule has 5 aliphatic rings. The van der Waals surface area contributed by atoms with Gasteiger partial charge in [0, 0.05) is 30.6 Å². The largest absolute Gasteiger partial charge is 0.396 e. The van der Waals surface area contributed by atoms with Crippen LogP contribution in [-0.2, 0) is 23.7 Å². The second kappa shape index (κ2) is 9.28. The van der Waals surface area contributed by atoms with Gasteiger partial charge in [0.05, 0.1) is 49.8 Å². The van der Waals surface area contributed by atoms with Crippen molar-refractivity contribution in [2.45, 2.75) is 115 Å². The van der Waals surface area contributed by atoms with Gasteiger partial charge in [-0.25, -0.2) is 0 Å². The molecule has 0 aliphatic carbocycles. The zero-order chi connectivity index (χ0) is 23.5. The highest BCUT2D eigenvalue weighted by Crippen LogP contribution is 2.50. The maximum atomic E-state index is 11.5. The summed E-state index contributed by atoms with van der Waals surface area (Å²) in [4.78, 5) is 0. The van der Waals surface area contributed by atoms with Crippen LogP contribution in [0, 0.1) is 29.6 Å². The maximum absolute atomic E-state index is 11.5. The van der Waals surface area contributed by atoms with Gasteiger partial charge in [0.1, 0.15) is 6.10 Å². The van der Waals surface area contributed by atoms with Crippen LogP contribution in [0.25, 0.3) is 0 Å². The summed E-state index contributed by atoms with van der Waals surface area (Å²) in [7, 11) is 0. The van der Waals surface area contributed by atoms with E-state index in [1.165, 1.54) is 0 Å². The van der Waals surface area contributed by atoms with Gasteiger partial charge in [-0.3, -0.25) is 0 Å². The Balaban J connectivity index is 1.40. The van der Waals surface area contributed by atoms with Crippen LogP contribution >= 0.6 is 0 Å². The van der Waals surface area contributed by atoms with Crippen molar-refractivity contribution < 1.29 is 39.0 Å². The van der Waals surface area contributed by atoms with Crippen molar-refractivity contribution in [3.63, 3.8) is 0 Å². The minimum absolute atomic E-state index is 0.101. The number of ether oxygens (including phenoxy) is 5. The number of hydrogen-bond donors (Lipinski definition) is 3. The first kappa shape index (κ1) is 24.4. The molecule has 33 heavy (non-hydrogen) atoms. The van der Waals surface area contributed by atoms with Gasteiger partial charge >= 0.3 is 0 Å². The molecule has 0 radical (unpaired) electrons. The number of aliphatic hydroxyl groups excluding tert-OH is 3. The molecule has 8 nitrogen and oxygen atoms in total. The summed E-state index contributed by atoms with van der Waals surface area (Å²) in [5.74, 6) is -0.559. The van der Waals surface area contributed by atoms with Gasteiger partial charge in [-0.2, -0.15) is 0 Å². The Morgan fingerprint density at radius 3 is 2.24 bits per heavy atom. The minimum atomic E-state index is -1.02. The van der Waals surface area contributed by atoms with E-state index in [2.05, 4.69) is 20.8 Å². The van der Waals surface area contributed by atoms with Crippen LogP contribution in [0.2, 0.25) is 0 Å². The van der Waals surface area contributed by atoms with E-state index in [-0.39, 0.29) is 66.7 Å². The summed E-state index contributed by atoms with van der Waals surface area (Å²) in [6, 6.07) is 0. The van der Waals surface area contributed by atoms with Crippen LogP contribution in [-0.4, -0.2) is 83.3 Å². The van der Waals surface area contributed by atoms with Crippen LogP contribution in [0.15, 0.2) is 0 Å². The molecule has 14 atom stereocenters. The molecule has 1 spiro atoms. The Hall–Kier alpha value is -0.320. The molecule has 5 saturated heterocycles. The van der Waals surface area contributed by atoms with Crippen molar-refractivity contribution in [3.8, 4) is 0 Å². The van der Waals surface area contributed by atoms with Crippen LogP contribution < -0.4 is 0 Å². The number of hydrogen-bond acceptors (Lipinski definition) is 8. The third-order valence-electron chi connectivity index (χ3n) is 9.27. The normalized spacial score (nSPS) is 57.4. The first-order valence-electron chi connectivity index (χ1n) is 13.0. The smallest absolute Gasteiger partial charge is 0.171 e. The Kier molecular flexibility index (Phi) is 6.86. The van der Waals surface area contributed by atoms with Crippen LogP contribution in [0.4, 0.5) is 0 Å². The van der Waals surface area contributed by atoms with Crippen LogP contribution in [0.3, 0.4) is 0 Å².